The Hall–Kier alpha value is -2.09. The SMILES string of the molecule is Fc1cccc2c1ccn2CC1CCCc2ccccc21. The van der Waals surface area contributed by atoms with Crippen LogP contribution in [0, 0.1) is 5.82 Å². The number of hydrogen-bond donors (Lipinski definition) is 0. The van der Waals surface area contributed by atoms with Gasteiger partial charge in [0.15, 0.2) is 0 Å². The second kappa shape index (κ2) is 5.03. The Morgan fingerprint density at radius 1 is 1.05 bits per heavy atom. The van der Waals surface area contributed by atoms with Crippen molar-refractivity contribution in [1.29, 1.82) is 0 Å². The smallest absolute Gasteiger partial charge is 0.132 e. The largest absolute Gasteiger partial charge is 0.347 e. The summed E-state index contributed by atoms with van der Waals surface area (Å²) in [5, 5.41) is 0.724. The highest BCUT2D eigenvalue weighted by Crippen LogP contribution is 2.33. The fraction of sp³-hybridized carbons (Fsp3) is 0.263. The summed E-state index contributed by atoms with van der Waals surface area (Å²) >= 11 is 0. The van der Waals surface area contributed by atoms with Crippen molar-refractivity contribution in [2.75, 3.05) is 0 Å². The van der Waals surface area contributed by atoms with E-state index in [4.69, 9.17) is 0 Å². The molecule has 21 heavy (non-hydrogen) atoms. The van der Waals surface area contributed by atoms with E-state index in [9.17, 15) is 4.39 Å². The molecule has 1 aliphatic carbocycles. The van der Waals surface area contributed by atoms with Crippen molar-refractivity contribution in [3.8, 4) is 0 Å². The molecular formula is C19H18FN. The van der Waals surface area contributed by atoms with Crippen molar-refractivity contribution >= 4 is 10.9 Å². The van der Waals surface area contributed by atoms with Crippen molar-refractivity contribution in [3.05, 3.63) is 71.7 Å². The highest BCUT2D eigenvalue weighted by molar-refractivity contribution is 5.80. The van der Waals surface area contributed by atoms with Gasteiger partial charge in [0.2, 0.25) is 0 Å². The molecule has 4 rings (SSSR count). The molecule has 0 saturated carbocycles. The first kappa shape index (κ1) is 12.6. The van der Waals surface area contributed by atoms with Gasteiger partial charge in [-0.15, -0.1) is 0 Å². The number of aromatic nitrogens is 1. The molecule has 0 fully saturated rings. The minimum atomic E-state index is -0.129. The van der Waals surface area contributed by atoms with Gasteiger partial charge in [-0.05, 0) is 48.6 Å². The lowest BCUT2D eigenvalue weighted by Crippen LogP contribution is -2.15. The van der Waals surface area contributed by atoms with Crippen LogP contribution in [-0.4, -0.2) is 4.57 Å². The molecule has 0 aliphatic heterocycles. The zero-order valence-electron chi connectivity index (χ0n) is 11.9. The topological polar surface area (TPSA) is 4.93 Å². The zero-order chi connectivity index (χ0) is 14.2. The van der Waals surface area contributed by atoms with E-state index in [-0.39, 0.29) is 5.82 Å². The van der Waals surface area contributed by atoms with E-state index in [1.54, 1.807) is 6.07 Å². The highest BCUT2D eigenvalue weighted by Gasteiger charge is 2.20. The van der Waals surface area contributed by atoms with Gasteiger partial charge in [-0.1, -0.05) is 30.3 Å². The maximum atomic E-state index is 13.8. The third-order valence-electron chi connectivity index (χ3n) is 4.67. The number of hydrogen-bond acceptors (Lipinski definition) is 0. The Balaban J connectivity index is 1.71. The Morgan fingerprint density at radius 2 is 1.95 bits per heavy atom. The minimum Gasteiger partial charge on any atom is -0.347 e. The summed E-state index contributed by atoms with van der Waals surface area (Å²) in [6.45, 7) is 0.934. The summed E-state index contributed by atoms with van der Waals surface area (Å²) < 4.78 is 16.0. The third kappa shape index (κ3) is 2.15. The molecule has 106 valence electrons. The van der Waals surface area contributed by atoms with E-state index >= 15 is 0 Å². The number of aryl methyl sites for hydroxylation is 1. The van der Waals surface area contributed by atoms with E-state index in [1.807, 2.05) is 18.3 Å². The van der Waals surface area contributed by atoms with Gasteiger partial charge < -0.3 is 4.57 Å². The van der Waals surface area contributed by atoms with Gasteiger partial charge in [-0.3, -0.25) is 0 Å². The lowest BCUT2D eigenvalue weighted by Gasteiger charge is -2.26. The van der Waals surface area contributed by atoms with Crippen molar-refractivity contribution in [3.63, 3.8) is 0 Å². The van der Waals surface area contributed by atoms with Gasteiger partial charge in [-0.2, -0.15) is 0 Å². The quantitative estimate of drug-likeness (QED) is 0.628. The number of fused-ring (bicyclic) bond motifs is 2. The molecule has 0 spiro atoms. The maximum absolute atomic E-state index is 13.8. The van der Waals surface area contributed by atoms with Gasteiger partial charge in [0, 0.05) is 24.0 Å². The van der Waals surface area contributed by atoms with Gasteiger partial charge in [0.25, 0.3) is 0 Å². The predicted octanol–water partition coefficient (Wildman–Crippen LogP) is 4.90. The van der Waals surface area contributed by atoms with E-state index in [0.29, 0.717) is 5.92 Å². The molecule has 2 heteroatoms. The van der Waals surface area contributed by atoms with E-state index in [2.05, 4.69) is 28.8 Å². The fourth-order valence-electron chi connectivity index (χ4n) is 3.63. The molecule has 0 saturated heterocycles. The molecule has 3 aromatic rings. The highest BCUT2D eigenvalue weighted by atomic mass is 19.1. The van der Waals surface area contributed by atoms with Crippen LogP contribution in [0.3, 0.4) is 0 Å². The molecule has 0 bridgehead atoms. The molecule has 1 nitrogen and oxygen atoms in total. The van der Waals surface area contributed by atoms with E-state index in [0.717, 1.165) is 17.4 Å². The summed E-state index contributed by atoms with van der Waals surface area (Å²) in [6, 6.07) is 16.0. The van der Waals surface area contributed by atoms with Crippen LogP contribution in [-0.2, 0) is 13.0 Å². The first-order valence-corrected chi connectivity index (χ1v) is 7.64. The maximum Gasteiger partial charge on any atom is 0.132 e. The molecule has 1 atom stereocenters. The van der Waals surface area contributed by atoms with Crippen LogP contribution in [0.4, 0.5) is 4.39 Å². The molecule has 1 heterocycles. The summed E-state index contributed by atoms with van der Waals surface area (Å²) in [5.41, 5.74) is 3.96. The summed E-state index contributed by atoms with van der Waals surface area (Å²) in [7, 11) is 0. The molecule has 1 aliphatic rings. The average Bonchev–Trinajstić information content (AvgIpc) is 2.92. The normalized spacial score (nSPS) is 17.9. The second-order valence-electron chi connectivity index (χ2n) is 5.93. The van der Waals surface area contributed by atoms with E-state index in [1.165, 1.54) is 36.5 Å². The molecule has 0 amide bonds. The standard InChI is InChI=1S/C19H18FN/c20-18-9-4-10-19-17(18)11-12-21(19)13-15-7-3-6-14-5-1-2-8-16(14)15/h1-2,4-5,8-12,15H,3,6-7,13H2. The first-order chi connectivity index (χ1) is 10.3. The monoisotopic (exact) mass is 279 g/mol. The molecule has 0 radical (unpaired) electrons. The Labute approximate surface area is 124 Å². The first-order valence-electron chi connectivity index (χ1n) is 7.64. The average molecular weight is 279 g/mol. The molecular weight excluding hydrogens is 261 g/mol. The van der Waals surface area contributed by atoms with E-state index < -0.39 is 0 Å². The Morgan fingerprint density at radius 3 is 2.90 bits per heavy atom. The van der Waals surface area contributed by atoms with Crippen molar-refractivity contribution < 1.29 is 4.39 Å². The van der Waals surface area contributed by atoms with Gasteiger partial charge in [0.1, 0.15) is 5.82 Å². The summed E-state index contributed by atoms with van der Waals surface area (Å²) in [5.74, 6) is 0.407. The number of benzene rings is 2. The van der Waals surface area contributed by atoms with Crippen molar-refractivity contribution in [2.45, 2.75) is 31.7 Å². The van der Waals surface area contributed by atoms with Gasteiger partial charge >= 0.3 is 0 Å². The van der Waals surface area contributed by atoms with Gasteiger partial charge in [-0.25, -0.2) is 4.39 Å². The molecule has 1 unspecified atom stereocenters. The van der Waals surface area contributed by atoms with Crippen molar-refractivity contribution in [2.24, 2.45) is 0 Å². The molecule has 2 aromatic carbocycles. The van der Waals surface area contributed by atoms with Crippen LogP contribution in [0.5, 0.6) is 0 Å². The van der Waals surface area contributed by atoms with Crippen LogP contribution in [0.25, 0.3) is 10.9 Å². The zero-order valence-corrected chi connectivity index (χ0v) is 11.9. The molecule has 0 N–H and O–H groups in total. The minimum absolute atomic E-state index is 0.129. The summed E-state index contributed by atoms with van der Waals surface area (Å²) in [4.78, 5) is 0. The predicted molar refractivity (Wildman–Crippen MR) is 84.0 cm³/mol. The van der Waals surface area contributed by atoms with Crippen LogP contribution in [0.15, 0.2) is 54.7 Å². The lowest BCUT2D eigenvalue weighted by atomic mass is 9.83. The number of rotatable bonds is 2. The molecule has 1 aromatic heterocycles. The van der Waals surface area contributed by atoms with Crippen LogP contribution < -0.4 is 0 Å². The Bertz CT molecular complexity index is 787. The number of halogens is 1. The number of nitrogens with zero attached hydrogens (tertiary/aromatic N) is 1. The van der Waals surface area contributed by atoms with Crippen LogP contribution in [0.1, 0.15) is 29.9 Å². The lowest BCUT2D eigenvalue weighted by molar-refractivity contribution is 0.490. The summed E-state index contributed by atoms with van der Waals surface area (Å²) in [6.07, 6.45) is 5.67. The fourth-order valence-corrected chi connectivity index (χ4v) is 3.63. The van der Waals surface area contributed by atoms with Crippen LogP contribution >= 0.6 is 0 Å². The van der Waals surface area contributed by atoms with Gasteiger partial charge in [0.05, 0.1) is 5.52 Å². The third-order valence-corrected chi connectivity index (χ3v) is 4.67. The second-order valence-corrected chi connectivity index (χ2v) is 5.93. The van der Waals surface area contributed by atoms with Crippen molar-refractivity contribution in [1.82, 2.24) is 4.57 Å². The Kier molecular flexibility index (Phi) is 3.03. The van der Waals surface area contributed by atoms with Crippen LogP contribution in [0.2, 0.25) is 0 Å².